The van der Waals surface area contributed by atoms with Crippen LogP contribution in [0.1, 0.15) is 290 Å². The number of carbonyl (C=O) groups excluding carboxylic acids is 3. The van der Waals surface area contributed by atoms with Crippen molar-refractivity contribution >= 4 is 17.9 Å². The van der Waals surface area contributed by atoms with Crippen molar-refractivity contribution < 1.29 is 28.6 Å². The first-order valence-corrected chi connectivity index (χ1v) is 30.1. The van der Waals surface area contributed by atoms with E-state index in [1.165, 1.54) is 141 Å². The SMILES string of the molecule is CC/C=C\C/C=C\C/C=C\CCCCCC(=O)OCC(COC(=O)CCCCCCCCCCC/C=C\CCCCCCCCCC)OC(=O)CCCCCCCC/C=C\C/C=C\C/C=C\CCCCC. The van der Waals surface area contributed by atoms with Gasteiger partial charge in [0.05, 0.1) is 0 Å². The summed E-state index contributed by atoms with van der Waals surface area (Å²) in [5.41, 5.74) is 0. The summed E-state index contributed by atoms with van der Waals surface area (Å²) in [6, 6.07) is 0. The van der Waals surface area contributed by atoms with Crippen LogP contribution in [0.25, 0.3) is 0 Å². The van der Waals surface area contributed by atoms with Gasteiger partial charge >= 0.3 is 17.9 Å². The van der Waals surface area contributed by atoms with E-state index in [0.29, 0.717) is 19.3 Å². The standard InChI is InChI=1S/C65H112O6/c1-4-7-10-13-16-19-22-25-27-29-31-32-34-35-37-40-43-46-49-52-55-58-64(67)70-61-62(60-69-63(66)57-54-51-48-45-42-39-24-21-18-15-12-9-6-3)71-65(68)59-56-53-50-47-44-41-38-36-33-30-28-26-23-20-17-14-11-8-5-2/h9,12,17-18,20-21,26,28-29,31,33,36,39,42,62H,4-8,10-11,13-16,19,22-25,27,30,32,34-35,37-38,40-41,43-61H2,1-3H3/b12-9-,20-17-,21-18-,28-26-,31-29-,36-33-,42-39-. The van der Waals surface area contributed by atoms with Crippen molar-refractivity contribution in [1.82, 2.24) is 0 Å². The van der Waals surface area contributed by atoms with Gasteiger partial charge in [-0.1, -0.05) is 241 Å². The van der Waals surface area contributed by atoms with Crippen molar-refractivity contribution in [1.29, 1.82) is 0 Å². The average Bonchev–Trinajstić information content (AvgIpc) is 3.37. The number of carbonyl (C=O) groups is 3. The summed E-state index contributed by atoms with van der Waals surface area (Å²) in [5, 5.41) is 0. The number of hydrogen-bond donors (Lipinski definition) is 0. The van der Waals surface area contributed by atoms with Gasteiger partial charge in [0.15, 0.2) is 6.10 Å². The fourth-order valence-electron chi connectivity index (χ4n) is 8.34. The lowest BCUT2D eigenvalue weighted by Crippen LogP contribution is -2.30. The fraction of sp³-hybridized carbons (Fsp3) is 0.738. The molecular weight excluding hydrogens is 877 g/mol. The minimum Gasteiger partial charge on any atom is -0.462 e. The molecule has 0 aliphatic carbocycles. The van der Waals surface area contributed by atoms with Crippen LogP contribution in [0.15, 0.2) is 85.1 Å². The van der Waals surface area contributed by atoms with Gasteiger partial charge in [-0.2, -0.15) is 0 Å². The van der Waals surface area contributed by atoms with Crippen LogP contribution < -0.4 is 0 Å². The highest BCUT2D eigenvalue weighted by atomic mass is 16.6. The van der Waals surface area contributed by atoms with Gasteiger partial charge in [-0.15, -0.1) is 0 Å². The number of ether oxygens (including phenoxy) is 3. The van der Waals surface area contributed by atoms with Gasteiger partial charge in [-0.05, 0) is 116 Å². The molecular formula is C65H112O6. The highest BCUT2D eigenvalue weighted by molar-refractivity contribution is 5.71. The molecule has 0 rings (SSSR count). The Kier molecular flexibility index (Phi) is 56.3. The lowest BCUT2D eigenvalue weighted by Gasteiger charge is -2.18. The Hall–Kier alpha value is -3.41. The third-order valence-electron chi connectivity index (χ3n) is 12.9. The van der Waals surface area contributed by atoms with Gasteiger partial charge in [0.1, 0.15) is 13.2 Å². The molecule has 6 heteroatoms. The summed E-state index contributed by atoms with van der Waals surface area (Å²) in [6.45, 7) is 6.48. The fourth-order valence-corrected chi connectivity index (χ4v) is 8.34. The lowest BCUT2D eigenvalue weighted by molar-refractivity contribution is -0.167. The Balaban J connectivity index is 4.39. The monoisotopic (exact) mass is 989 g/mol. The molecule has 0 bridgehead atoms. The molecule has 6 nitrogen and oxygen atoms in total. The first-order valence-electron chi connectivity index (χ1n) is 30.1. The van der Waals surface area contributed by atoms with Gasteiger partial charge < -0.3 is 14.2 Å². The Morgan fingerprint density at radius 2 is 0.549 bits per heavy atom. The van der Waals surface area contributed by atoms with Crippen LogP contribution in [0, 0.1) is 0 Å². The van der Waals surface area contributed by atoms with Crippen molar-refractivity contribution in [3.05, 3.63) is 85.1 Å². The second-order valence-electron chi connectivity index (χ2n) is 19.9. The molecule has 1 atom stereocenters. The zero-order chi connectivity index (χ0) is 51.4. The molecule has 0 radical (unpaired) electrons. The van der Waals surface area contributed by atoms with Crippen molar-refractivity contribution in [3.8, 4) is 0 Å². The summed E-state index contributed by atoms with van der Waals surface area (Å²) in [5.74, 6) is -0.930. The second kappa shape index (κ2) is 59.2. The molecule has 0 aliphatic heterocycles. The molecule has 0 N–H and O–H groups in total. The third-order valence-corrected chi connectivity index (χ3v) is 12.9. The van der Waals surface area contributed by atoms with Crippen LogP contribution in [0.2, 0.25) is 0 Å². The first-order chi connectivity index (χ1) is 35.0. The van der Waals surface area contributed by atoms with E-state index in [4.69, 9.17) is 14.2 Å². The summed E-state index contributed by atoms with van der Waals surface area (Å²) >= 11 is 0. The Bertz CT molecular complexity index is 1370. The molecule has 0 amide bonds. The molecule has 1 unspecified atom stereocenters. The number of allylic oxidation sites excluding steroid dienone is 14. The highest BCUT2D eigenvalue weighted by Crippen LogP contribution is 2.15. The summed E-state index contributed by atoms with van der Waals surface area (Å²) in [7, 11) is 0. The van der Waals surface area contributed by atoms with Gasteiger partial charge in [-0.25, -0.2) is 0 Å². The quantitative estimate of drug-likeness (QED) is 0.0261. The van der Waals surface area contributed by atoms with Crippen LogP contribution >= 0.6 is 0 Å². The Morgan fingerprint density at radius 3 is 0.915 bits per heavy atom. The van der Waals surface area contributed by atoms with E-state index in [-0.39, 0.29) is 31.1 Å². The maximum absolute atomic E-state index is 12.9. The van der Waals surface area contributed by atoms with Crippen LogP contribution in [0.5, 0.6) is 0 Å². The summed E-state index contributed by atoms with van der Waals surface area (Å²) in [6.07, 6.45) is 77.2. The van der Waals surface area contributed by atoms with Gasteiger partial charge in [-0.3, -0.25) is 14.4 Å². The molecule has 0 aromatic heterocycles. The molecule has 0 aromatic carbocycles. The summed E-state index contributed by atoms with van der Waals surface area (Å²) < 4.78 is 16.9. The third kappa shape index (κ3) is 57.4. The van der Waals surface area contributed by atoms with E-state index in [0.717, 1.165) is 109 Å². The maximum Gasteiger partial charge on any atom is 0.306 e. The van der Waals surface area contributed by atoms with E-state index in [9.17, 15) is 14.4 Å². The largest absolute Gasteiger partial charge is 0.462 e. The topological polar surface area (TPSA) is 78.9 Å². The lowest BCUT2D eigenvalue weighted by atomic mass is 10.1. The number of rotatable bonds is 54. The molecule has 71 heavy (non-hydrogen) atoms. The van der Waals surface area contributed by atoms with Crippen molar-refractivity contribution in [2.75, 3.05) is 13.2 Å². The van der Waals surface area contributed by atoms with Crippen LogP contribution in [-0.2, 0) is 28.6 Å². The van der Waals surface area contributed by atoms with Gasteiger partial charge in [0.2, 0.25) is 0 Å². The minimum absolute atomic E-state index is 0.0921. The van der Waals surface area contributed by atoms with E-state index in [1.54, 1.807) is 0 Å². The van der Waals surface area contributed by atoms with Gasteiger partial charge in [0.25, 0.3) is 0 Å². The molecule has 0 spiro atoms. The molecule has 0 saturated heterocycles. The highest BCUT2D eigenvalue weighted by Gasteiger charge is 2.19. The molecule has 0 saturated carbocycles. The van der Waals surface area contributed by atoms with Crippen LogP contribution in [-0.4, -0.2) is 37.2 Å². The summed E-state index contributed by atoms with van der Waals surface area (Å²) in [4.78, 5) is 38.2. The molecule has 408 valence electrons. The van der Waals surface area contributed by atoms with Gasteiger partial charge in [0, 0.05) is 19.3 Å². The van der Waals surface area contributed by atoms with E-state index in [2.05, 4.69) is 106 Å². The predicted octanol–water partition coefficient (Wildman–Crippen LogP) is 20.3. The van der Waals surface area contributed by atoms with Crippen LogP contribution in [0.3, 0.4) is 0 Å². The number of unbranched alkanes of at least 4 members (excludes halogenated alkanes) is 29. The number of hydrogen-bond acceptors (Lipinski definition) is 6. The van der Waals surface area contributed by atoms with Crippen LogP contribution in [0.4, 0.5) is 0 Å². The zero-order valence-corrected chi connectivity index (χ0v) is 46.7. The number of esters is 3. The van der Waals surface area contributed by atoms with Crippen molar-refractivity contribution in [2.24, 2.45) is 0 Å². The normalized spacial score (nSPS) is 12.7. The zero-order valence-electron chi connectivity index (χ0n) is 46.7. The smallest absolute Gasteiger partial charge is 0.306 e. The van der Waals surface area contributed by atoms with Crippen molar-refractivity contribution in [2.45, 2.75) is 297 Å². The molecule has 0 fully saturated rings. The Labute approximate surface area is 439 Å². The van der Waals surface area contributed by atoms with E-state index in [1.807, 2.05) is 0 Å². The molecule has 0 aromatic rings. The van der Waals surface area contributed by atoms with Crippen molar-refractivity contribution in [3.63, 3.8) is 0 Å². The first kappa shape index (κ1) is 67.6. The minimum atomic E-state index is -0.798. The second-order valence-corrected chi connectivity index (χ2v) is 19.9. The molecule has 0 heterocycles. The Morgan fingerprint density at radius 1 is 0.296 bits per heavy atom. The average molecular weight is 990 g/mol. The maximum atomic E-state index is 12.9. The predicted molar refractivity (Wildman–Crippen MR) is 307 cm³/mol. The van der Waals surface area contributed by atoms with E-state index >= 15 is 0 Å². The van der Waals surface area contributed by atoms with E-state index < -0.39 is 6.10 Å². The molecule has 0 aliphatic rings.